The molecule has 0 bridgehead atoms. The van der Waals surface area contributed by atoms with Gasteiger partial charge in [-0.3, -0.25) is 0 Å². The molecule has 7 heteroatoms. The van der Waals surface area contributed by atoms with Crippen LogP contribution in [0.5, 0.6) is 5.75 Å². The van der Waals surface area contributed by atoms with Gasteiger partial charge in [-0.15, -0.1) is 0 Å². The summed E-state index contributed by atoms with van der Waals surface area (Å²) < 4.78 is 18.7. The van der Waals surface area contributed by atoms with Crippen molar-refractivity contribution < 1.29 is 13.9 Å². The summed E-state index contributed by atoms with van der Waals surface area (Å²) in [4.78, 5) is 23.5. The highest BCUT2D eigenvalue weighted by Crippen LogP contribution is 2.37. The lowest BCUT2D eigenvalue weighted by molar-refractivity contribution is -0.129. The number of nitrogens with zero attached hydrogens (tertiary/aromatic N) is 3. The maximum Gasteiger partial charge on any atom is 0.335 e. The number of rotatable bonds is 5. The number of hydrogen-bond donors (Lipinski definition) is 1. The Labute approximate surface area is 193 Å². The van der Waals surface area contributed by atoms with Crippen LogP contribution in [0.25, 0.3) is 0 Å². The van der Waals surface area contributed by atoms with E-state index in [2.05, 4.69) is 22.1 Å². The Bertz CT molecular complexity index is 1210. The van der Waals surface area contributed by atoms with E-state index in [0.717, 1.165) is 41.3 Å². The summed E-state index contributed by atoms with van der Waals surface area (Å²) in [6.45, 7) is 8.68. The molecule has 1 aliphatic heterocycles. The van der Waals surface area contributed by atoms with E-state index in [9.17, 15) is 9.18 Å². The van der Waals surface area contributed by atoms with Gasteiger partial charge in [0.05, 0.1) is 6.04 Å². The molecule has 2 aromatic carbocycles. The molecule has 0 spiro atoms. The van der Waals surface area contributed by atoms with Crippen LogP contribution >= 0.6 is 0 Å². The smallest absolute Gasteiger partial charge is 0.335 e. The molecule has 1 N–H and O–H groups in total. The number of aryl methyl sites for hydroxylation is 1. The van der Waals surface area contributed by atoms with E-state index in [1.54, 1.807) is 25.1 Å². The van der Waals surface area contributed by atoms with E-state index in [1.807, 2.05) is 32.0 Å². The number of hydrogen-bond acceptors (Lipinski definition) is 6. The highest BCUT2D eigenvalue weighted by molar-refractivity contribution is 5.84. The second-order valence-corrected chi connectivity index (χ2v) is 8.11. The van der Waals surface area contributed by atoms with Crippen molar-refractivity contribution in [2.24, 2.45) is 0 Å². The molecular formula is C26H27FN4O2. The summed E-state index contributed by atoms with van der Waals surface area (Å²) >= 11 is 0. The summed E-state index contributed by atoms with van der Waals surface area (Å²) in [5.74, 6) is 1.16. The first-order valence-electron chi connectivity index (χ1n) is 11.0. The minimum Gasteiger partial charge on any atom is -0.423 e. The maximum atomic E-state index is 13.3. The molecule has 0 amide bonds. The first kappa shape index (κ1) is 22.5. The Morgan fingerprint density at radius 2 is 1.94 bits per heavy atom. The SMILES string of the molecule is C/C=C/C(=O)Oc1ccc2c(c1)C(C)N(c1nc(Nc3ccc(F)cc3)nc(C)c1C)CC2. The van der Waals surface area contributed by atoms with Gasteiger partial charge in [-0.25, -0.2) is 14.2 Å². The lowest BCUT2D eigenvalue weighted by Crippen LogP contribution is -2.35. The summed E-state index contributed by atoms with van der Waals surface area (Å²) in [7, 11) is 0. The number of anilines is 3. The Morgan fingerprint density at radius 3 is 2.67 bits per heavy atom. The van der Waals surface area contributed by atoms with Crippen molar-refractivity contribution in [1.82, 2.24) is 9.97 Å². The highest BCUT2D eigenvalue weighted by atomic mass is 19.1. The number of esters is 1. The van der Waals surface area contributed by atoms with Gasteiger partial charge in [-0.2, -0.15) is 4.98 Å². The second kappa shape index (κ2) is 9.40. The molecule has 0 saturated carbocycles. The van der Waals surface area contributed by atoms with E-state index in [1.165, 1.54) is 23.8 Å². The van der Waals surface area contributed by atoms with Crippen LogP contribution in [0.4, 0.5) is 21.8 Å². The van der Waals surface area contributed by atoms with Gasteiger partial charge >= 0.3 is 5.97 Å². The van der Waals surface area contributed by atoms with Crippen molar-refractivity contribution in [3.05, 3.63) is 82.8 Å². The summed E-state index contributed by atoms with van der Waals surface area (Å²) in [6, 6.07) is 11.9. The molecular weight excluding hydrogens is 419 g/mol. The molecule has 170 valence electrons. The lowest BCUT2D eigenvalue weighted by Gasteiger charge is -2.37. The molecule has 2 heterocycles. The number of ether oxygens (including phenoxy) is 1. The summed E-state index contributed by atoms with van der Waals surface area (Å²) in [5, 5.41) is 3.18. The van der Waals surface area contributed by atoms with Crippen LogP contribution in [0.1, 0.15) is 42.3 Å². The van der Waals surface area contributed by atoms with Crippen molar-refractivity contribution in [3.8, 4) is 5.75 Å². The molecule has 0 fully saturated rings. The van der Waals surface area contributed by atoms with Crippen molar-refractivity contribution >= 4 is 23.4 Å². The van der Waals surface area contributed by atoms with Gasteiger partial charge in [0.25, 0.3) is 0 Å². The zero-order chi connectivity index (χ0) is 23.5. The highest BCUT2D eigenvalue weighted by Gasteiger charge is 2.27. The number of benzene rings is 2. The average Bonchev–Trinajstić information content (AvgIpc) is 2.79. The molecule has 0 aliphatic carbocycles. The van der Waals surface area contributed by atoms with Crippen LogP contribution in [0.3, 0.4) is 0 Å². The molecule has 6 nitrogen and oxygen atoms in total. The normalized spacial score (nSPS) is 15.4. The van der Waals surface area contributed by atoms with Gasteiger partial charge in [0, 0.05) is 29.6 Å². The molecule has 1 aromatic heterocycles. The first-order chi connectivity index (χ1) is 15.9. The minimum atomic E-state index is -0.392. The molecule has 1 aliphatic rings. The van der Waals surface area contributed by atoms with Gasteiger partial charge in [0.15, 0.2) is 0 Å². The fraction of sp³-hybridized carbons (Fsp3) is 0.269. The standard InChI is InChI=1S/C26H27FN4O2/c1-5-6-24(32)33-22-12-7-19-13-14-31(18(4)23(19)15-22)25-16(2)17(3)28-26(30-25)29-21-10-8-20(27)9-11-21/h5-12,15,18H,13-14H2,1-4H3,(H,28,29,30)/b6-5+. The first-order valence-corrected chi connectivity index (χ1v) is 11.0. The van der Waals surface area contributed by atoms with Crippen molar-refractivity contribution in [1.29, 1.82) is 0 Å². The van der Waals surface area contributed by atoms with E-state index in [0.29, 0.717) is 11.7 Å². The third-order valence-corrected chi connectivity index (χ3v) is 5.91. The second-order valence-electron chi connectivity index (χ2n) is 8.11. The molecule has 33 heavy (non-hydrogen) atoms. The number of halogens is 1. The Hall–Kier alpha value is -3.74. The van der Waals surface area contributed by atoms with Crippen LogP contribution in [-0.2, 0) is 11.2 Å². The van der Waals surface area contributed by atoms with Gasteiger partial charge in [0.2, 0.25) is 5.95 Å². The van der Waals surface area contributed by atoms with Crippen molar-refractivity contribution in [2.45, 2.75) is 40.2 Å². The predicted octanol–water partition coefficient (Wildman–Crippen LogP) is 5.58. The maximum absolute atomic E-state index is 13.3. The molecule has 3 aromatic rings. The summed E-state index contributed by atoms with van der Waals surface area (Å²) in [5.41, 5.74) is 4.94. The Balaban J connectivity index is 1.64. The fourth-order valence-electron chi connectivity index (χ4n) is 4.04. The van der Waals surface area contributed by atoms with E-state index < -0.39 is 5.97 Å². The van der Waals surface area contributed by atoms with E-state index >= 15 is 0 Å². The monoisotopic (exact) mass is 446 g/mol. The fourth-order valence-corrected chi connectivity index (χ4v) is 4.04. The van der Waals surface area contributed by atoms with Gasteiger partial charge < -0.3 is 15.0 Å². The predicted molar refractivity (Wildman–Crippen MR) is 128 cm³/mol. The molecule has 1 unspecified atom stereocenters. The van der Waals surface area contributed by atoms with Crippen molar-refractivity contribution in [3.63, 3.8) is 0 Å². The lowest BCUT2D eigenvalue weighted by atomic mass is 9.93. The number of carbonyl (C=O) groups is 1. The molecule has 4 rings (SSSR count). The van der Waals surface area contributed by atoms with Gasteiger partial charge in [0.1, 0.15) is 17.4 Å². The third kappa shape index (κ3) is 4.87. The Kier molecular flexibility index (Phi) is 6.40. The molecule has 1 atom stereocenters. The van der Waals surface area contributed by atoms with Crippen LogP contribution in [-0.4, -0.2) is 22.5 Å². The van der Waals surface area contributed by atoms with Crippen LogP contribution in [0, 0.1) is 19.7 Å². The quantitative estimate of drug-likeness (QED) is 0.313. The average molecular weight is 447 g/mol. The third-order valence-electron chi connectivity index (χ3n) is 5.91. The molecule has 0 saturated heterocycles. The number of carbonyl (C=O) groups excluding carboxylic acids is 1. The number of fused-ring (bicyclic) bond motifs is 1. The molecule has 0 radical (unpaired) electrons. The van der Waals surface area contributed by atoms with Crippen LogP contribution in [0.2, 0.25) is 0 Å². The van der Waals surface area contributed by atoms with Crippen LogP contribution in [0.15, 0.2) is 54.6 Å². The minimum absolute atomic E-state index is 0.0285. The van der Waals surface area contributed by atoms with E-state index in [-0.39, 0.29) is 11.9 Å². The zero-order valence-electron chi connectivity index (χ0n) is 19.2. The number of aromatic nitrogens is 2. The van der Waals surface area contributed by atoms with Gasteiger partial charge in [-0.05, 0) is 81.6 Å². The van der Waals surface area contributed by atoms with Gasteiger partial charge in [-0.1, -0.05) is 12.1 Å². The largest absolute Gasteiger partial charge is 0.423 e. The Morgan fingerprint density at radius 1 is 1.18 bits per heavy atom. The van der Waals surface area contributed by atoms with Crippen molar-refractivity contribution in [2.75, 3.05) is 16.8 Å². The van der Waals surface area contributed by atoms with Crippen LogP contribution < -0.4 is 15.0 Å². The summed E-state index contributed by atoms with van der Waals surface area (Å²) in [6.07, 6.45) is 3.91. The zero-order valence-corrected chi connectivity index (χ0v) is 19.2. The topological polar surface area (TPSA) is 67.3 Å². The number of allylic oxidation sites excluding steroid dienone is 1. The number of nitrogens with one attached hydrogen (secondary N) is 1. The van der Waals surface area contributed by atoms with E-state index in [4.69, 9.17) is 9.72 Å².